The van der Waals surface area contributed by atoms with E-state index < -0.39 is 0 Å². The van der Waals surface area contributed by atoms with Crippen LogP contribution in [0.3, 0.4) is 0 Å². The van der Waals surface area contributed by atoms with Gasteiger partial charge in [-0.2, -0.15) is 0 Å². The Morgan fingerprint density at radius 1 is 0.875 bits per heavy atom. The first kappa shape index (κ1) is 15.9. The Bertz CT molecular complexity index is 137. The van der Waals surface area contributed by atoms with Crippen LogP contribution in [0.15, 0.2) is 0 Å². The van der Waals surface area contributed by atoms with Crippen LogP contribution in [0.4, 0.5) is 0 Å². The molecule has 0 fully saturated rings. The van der Waals surface area contributed by atoms with Crippen molar-refractivity contribution in [3.05, 3.63) is 0 Å². The third-order valence-corrected chi connectivity index (χ3v) is 3.05. The quantitative estimate of drug-likeness (QED) is 0.549. The summed E-state index contributed by atoms with van der Waals surface area (Å²) in [5, 5.41) is 9.71. The Kier molecular flexibility index (Phi) is 11.3. The minimum atomic E-state index is -0.0851. The van der Waals surface area contributed by atoms with Gasteiger partial charge in [-0.25, -0.2) is 0 Å². The SMILES string of the molecule is CCCCCCCCCC(O)CCN(C)C. The van der Waals surface area contributed by atoms with Gasteiger partial charge in [0, 0.05) is 0 Å². The molecule has 1 unspecified atom stereocenters. The second-order valence-electron chi connectivity index (χ2n) is 5.16. The lowest BCUT2D eigenvalue weighted by Gasteiger charge is -2.14. The molecule has 0 aromatic carbocycles. The zero-order valence-electron chi connectivity index (χ0n) is 11.5. The molecule has 0 spiro atoms. The highest BCUT2D eigenvalue weighted by Crippen LogP contribution is 2.10. The number of aliphatic hydroxyl groups excluding tert-OH is 1. The lowest BCUT2D eigenvalue weighted by atomic mass is 10.0. The molecule has 0 rings (SSSR count). The van der Waals surface area contributed by atoms with E-state index in [1.54, 1.807) is 0 Å². The van der Waals surface area contributed by atoms with Crippen LogP contribution < -0.4 is 0 Å². The van der Waals surface area contributed by atoms with Crippen molar-refractivity contribution >= 4 is 0 Å². The highest BCUT2D eigenvalue weighted by atomic mass is 16.3. The number of aliphatic hydroxyl groups is 1. The summed E-state index contributed by atoms with van der Waals surface area (Å²) in [5.74, 6) is 0. The first-order valence-electron chi connectivity index (χ1n) is 6.99. The Morgan fingerprint density at radius 2 is 1.44 bits per heavy atom. The van der Waals surface area contributed by atoms with Crippen LogP contribution in [-0.2, 0) is 0 Å². The maximum atomic E-state index is 9.71. The minimum Gasteiger partial charge on any atom is -0.393 e. The van der Waals surface area contributed by atoms with Crippen LogP contribution in [0.1, 0.15) is 64.7 Å². The monoisotopic (exact) mass is 229 g/mol. The number of hydrogen-bond donors (Lipinski definition) is 1. The zero-order chi connectivity index (χ0) is 12.2. The third kappa shape index (κ3) is 12.0. The van der Waals surface area contributed by atoms with E-state index in [2.05, 4.69) is 25.9 Å². The van der Waals surface area contributed by atoms with Crippen LogP contribution in [0.2, 0.25) is 0 Å². The summed E-state index contributed by atoms with van der Waals surface area (Å²) in [6, 6.07) is 0. The first-order chi connectivity index (χ1) is 7.66. The molecule has 16 heavy (non-hydrogen) atoms. The summed E-state index contributed by atoms with van der Waals surface area (Å²) in [6.07, 6.45) is 11.1. The fourth-order valence-electron chi connectivity index (χ4n) is 1.89. The molecule has 0 aromatic heterocycles. The van der Waals surface area contributed by atoms with Gasteiger partial charge in [0.15, 0.2) is 0 Å². The molecule has 0 aliphatic carbocycles. The summed E-state index contributed by atoms with van der Waals surface area (Å²) in [6.45, 7) is 3.25. The second-order valence-corrected chi connectivity index (χ2v) is 5.16. The normalized spacial score (nSPS) is 13.3. The average Bonchev–Trinajstić information content (AvgIpc) is 2.25. The van der Waals surface area contributed by atoms with E-state index >= 15 is 0 Å². The molecule has 0 bridgehead atoms. The molecular formula is C14H31NO. The maximum absolute atomic E-state index is 9.71. The Hall–Kier alpha value is -0.0800. The van der Waals surface area contributed by atoms with Crippen molar-refractivity contribution in [2.24, 2.45) is 0 Å². The van der Waals surface area contributed by atoms with E-state index in [4.69, 9.17) is 0 Å². The number of nitrogens with zero attached hydrogens (tertiary/aromatic N) is 1. The van der Waals surface area contributed by atoms with Crippen LogP contribution >= 0.6 is 0 Å². The lowest BCUT2D eigenvalue weighted by molar-refractivity contribution is 0.139. The van der Waals surface area contributed by atoms with Crippen molar-refractivity contribution < 1.29 is 5.11 Å². The summed E-state index contributed by atoms with van der Waals surface area (Å²) < 4.78 is 0. The second kappa shape index (κ2) is 11.4. The zero-order valence-corrected chi connectivity index (χ0v) is 11.5. The highest BCUT2D eigenvalue weighted by molar-refractivity contribution is 4.58. The molecule has 0 saturated carbocycles. The molecule has 1 atom stereocenters. The first-order valence-corrected chi connectivity index (χ1v) is 6.99. The smallest absolute Gasteiger partial charge is 0.0552 e. The van der Waals surface area contributed by atoms with Gasteiger partial charge in [-0.1, -0.05) is 51.9 Å². The average molecular weight is 229 g/mol. The van der Waals surface area contributed by atoms with Gasteiger partial charge in [0.05, 0.1) is 6.10 Å². The molecule has 2 nitrogen and oxygen atoms in total. The maximum Gasteiger partial charge on any atom is 0.0552 e. The van der Waals surface area contributed by atoms with Crippen molar-refractivity contribution in [1.82, 2.24) is 4.90 Å². The lowest BCUT2D eigenvalue weighted by Crippen LogP contribution is -2.19. The molecule has 0 heterocycles. The van der Waals surface area contributed by atoms with Gasteiger partial charge in [-0.15, -0.1) is 0 Å². The number of hydrogen-bond acceptors (Lipinski definition) is 2. The summed E-state index contributed by atoms with van der Waals surface area (Å²) >= 11 is 0. The number of rotatable bonds is 11. The van der Waals surface area contributed by atoms with Gasteiger partial charge in [0.25, 0.3) is 0 Å². The summed E-state index contributed by atoms with van der Waals surface area (Å²) in [7, 11) is 4.11. The van der Waals surface area contributed by atoms with Crippen molar-refractivity contribution in [3.63, 3.8) is 0 Å². The Labute approximate surface area is 102 Å². The van der Waals surface area contributed by atoms with E-state index in [0.717, 1.165) is 19.4 Å². The van der Waals surface area contributed by atoms with Crippen molar-refractivity contribution in [2.45, 2.75) is 70.8 Å². The van der Waals surface area contributed by atoms with Gasteiger partial charge in [-0.05, 0) is 33.5 Å². The molecule has 0 aliphatic heterocycles. The fraction of sp³-hybridized carbons (Fsp3) is 1.00. The van der Waals surface area contributed by atoms with Crippen LogP contribution in [0.25, 0.3) is 0 Å². The predicted molar refractivity (Wildman–Crippen MR) is 71.8 cm³/mol. The van der Waals surface area contributed by atoms with E-state index in [0.29, 0.717) is 0 Å². The van der Waals surface area contributed by atoms with Gasteiger partial charge in [0.1, 0.15) is 0 Å². The topological polar surface area (TPSA) is 23.5 Å². The molecule has 98 valence electrons. The van der Waals surface area contributed by atoms with Crippen molar-refractivity contribution in [3.8, 4) is 0 Å². The molecule has 2 heteroatoms. The van der Waals surface area contributed by atoms with E-state index in [9.17, 15) is 5.11 Å². The highest BCUT2D eigenvalue weighted by Gasteiger charge is 2.03. The standard InChI is InChI=1S/C14H31NO/c1-4-5-6-7-8-9-10-11-14(16)12-13-15(2)3/h14,16H,4-13H2,1-3H3. The van der Waals surface area contributed by atoms with Gasteiger partial charge in [-0.3, -0.25) is 0 Å². The minimum absolute atomic E-state index is 0.0851. The van der Waals surface area contributed by atoms with E-state index in [-0.39, 0.29) is 6.10 Å². The molecular weight excluding hydrogens is 198 g/mol. The van der Waals surface area contributed by atoms with Crippen molar-refractivity contribution in [2.75, 3.05) is 20.6 Å². The molecule has 0 aromatic rings. The number of unbranched alkanes of at least 4 members (excludes halogenated alkanes) is 6. The Morgan fingerprint density at radius 3 is 2.00 bits per heavy atom. The Balaban J connectivity index is 3.12. The third-order valence-electron chi connectivity index (χ3n) is 3.05. The molecule has 0 radical (unpaired) electrons. The molecule has 0 saturated heterocycles. The summed E-state index contributed by atoms with van der Waals surface area (Å²) in [5.41, 5.74) is 0. The molecule has 0 aliphatic rings. The van der Waals surface area contributed by atoms with Crippen LogP contribution in [0.5, 0.6) is 0 Å². The van der Waals surface area contributed by atoms with E-state index in [1.807, 2.05) is 0 Å². The van der Waals surface area contributed by atoms with Crippen LogP contribution in [-0.4, -0.2) is 36.8 Å². The van der Waals surface area contributed by atoms with Gasteiger partial charge >= 0.3 is 0 Å². The largest absolute Gasteiger partial charge is 0.393 e. The molecule has 0 amide bonds. The summed E-state index contributed by atoms with van der Waals surface area (Å²) in [4.78, 5) is 2.13. The van der Waals surface area contributed by atoms with Gasteiger partial charge in [0.2, 0.25) is 0 Å². The van der Waals surface area contributed by atoms with Gasteiger partial charge < -0.3 is 10.0 Å². The van der Waals surface area contributed by atoms with Crippen LogP contribution in [0, 0.1) is 0 Å². The fourth-order valence-corrected chi connectivity index (χ4v) is 1.89. The van der Waals surface area contributed by atoms with Crippen molar-refractivity contribution in [1.29, 1.82) is 0 Å². The molecule has 1 N–H and O–H groups in total. The van der Waals surface area contributed by atoms with E-state index in [1.165, 1.54) is 44.9 Å². The predicted octanol–water partition coefficient (Wildman–Crippen LogP) is 3.44.